The molecule has 134 valence electrons. The summed E-state index contributed by atoms with van der Waals surface area (Å²) < 4.78 is 5.77. The van der Waals surface area contributed by atoms with Crippen LogP contribution in [0.25, 0.3) is 11.1 Å². The van der Waals surface area contributed by atoms with Crippen LogP contribution in [-0.2, 0) is 6.42 Å². The minimum Gasteiger partial charge on any atom is -0.424 e. The third kappa shape index (κ3) is 6.16. The molecule has 1 heterocycles. The maximum atomic E-state index is 5.77. The fourth-order valence-electron chi connectivity index (χ4n) is 3.03. The fourth-order valence-corrected chi connectivity index (χ4v) is 3.03. The van der Waals surface area contributed by atoms with Crippen LogP contribution in [0.15, 0.2) is 22.6 Å². The Hall–Kier alpha value is -1.55. The molecule has 0 aliphatic heterocycles. The highest BCUT2D eigenvalue weighted by molar-refractivity contribution is 5.78. The molecule has 1 aromatic carbocycles. The summed E-state index contributed by atoms with van der Waals surface area (Å²) in [5.41, 5.74) is 8.70. The van der Waals surface area contributed by atoms with E-state index in [9.17, 15) is 0 Å². The van der Waals surface area contributed by atoms with Crippen LogP contribution in [-0.4, -0.2) is 18.1 Å². The van der Waals surface area contributed by atoms with E-state index in [0.717, 1.165) is 30.5 Å². The molecule has 0 unspecified atom stereocenters. The first-order chi connectivity index (χ1) is 11.8. The monoisotopic (exact) mass is 331 g/mol. The van der Waals surface area contributed by atoms with Crippen molar-refractivity contribution in [1.29, 1.82) is 0 Å². The number of hydrogen-bond acceptors (Lipinski definition) is 4. The van der Waals surface area contributed by atoms with Crippen LogP contribution < -0.4 is 11.1 Å². The molecular formula is C20H33N3O. The molecule has 0 atom stereocenters. The number of nitrogens with zero attached hydrogens (tertiary/aromatic N) is 1. The topological polar surface area (TPSA) is 64.1 Å². The molecule has 0 spiro atoms. The van der Waals surface area contributed by atoms with Crippen LogP contribution in [0, 0.1) is 0 Å². The maximum Gasteiger partial charge on any atom is 0.295 e. The zero-order chi connectivity index (χ0) is 17.0. The normalized spacial score (nSPS) is 11.2. The van der Waals surface area contributed by atoms with E-state index in [1.54, 1.807) is 0 Å². The van der Waals surface area contributed by atoms with Gasteiger partial charge in [-0.25, -0.2) is 0 Å². The van der Waals surface area contributed by atoms with Gasteiger partial charge in [0.05, 0.1) is 0 Å². The number of nitrogens with one attached hydrogen (secondary N) is 1. The van der Waals surface area contributed by atoms with E-state index in [4.69, 9.17) is 10.2 Å². The first-order valence-corrected chi connectivity index (χ1v) is 9.67. The number of anilines is 1. The Bertz CT molecular complexity index is 579. The minimum absolute atomic E-state index is 0.613. The standard InChI is InChI=1S/C20H33N3O/c1-2-3-4-5-6-7-8-9-12-17-13-10-14-18-19(17)23-20(24-18)22-16-11-15-21/h10,13-14H,2-9,11-12,15-16,21H2,1H3,(H,22,23). The molecule has 0 amide bonds. The molecule has 0 radical (unpaired) electrons. The van der Waals surface area contributed by atoms with Crippen LogP contribution in [0.1, 0.15) is 70.3 Å². The van der Waals surface area contributed by atoms with Gasteiger partial charge in [-0.1, -0.05) is 64.0 Å². The van der Waals surface area contributed by atoms with Crippen LogP contribution >= 0.6 is 0 Å². The number of oxazole rings is 1. The molecule has 2 rings (SSSR count). The van der Waals surface area contributed by atoms with Crippen molar-refractivity contribution in [3.8, 4) is 0 Å². The number of fused-ring (bicyclic) bond motifs is 1. The predicted molar refractivity (Wildman–Crippen MR) is 102 cm³/mol. The largest absolute Gasteiger partial charge is 0.424 e. The lowest BCUT2D eigenvalue weighted by molar-refractivity contribution is 0.576. The fraction of sp³-hybridized carbons (Fsp3) is 0.650. The summed E-state index contributed by atoms with van der Waals surface area (Å²) in [5, 5.41) is 3.21. The summed E-state index contributed by atoms with van der Waals surface area (Å²) in [6.45, 7) is 3.75. The van der Waals surface area contributed by atoms with Crippen molar-refractivity contribution < 1.29 is 4.42 Å². The number of hydrogen-bond donors (Lipinski definition) is 2. The van der Waals surface area contributed by atoms with E-state index in [1.165, 1.54) is 56.9 Å². The molecule has 0 fully saturated rings. The molecule has 4 nitrogen and oxygen atoms in total. The zero-order valence-electron chi connectivity index (χ0n) is 15.2. The lowest BCUT2D eigenvalue weighted by atomic mass is 10.0. The van der Waals surface area contributed by atoms with Crippen molar-refractivity contribution in [2.75, 3.05) is 18.4 Å². The Balaban J connectivity index is 1.77. The van der Waals surface area contributed by atoms with Gasteiger partial charge in [-0.15, -0.1) is 0 Å². The summed E-state index contributed by atoms with van der Waals surface area (Å²) in [6, 6.07) is 6.85. The number of benzene rings is 1. The van der Waals surface area contributed by atoms with Gasteiger partial charge in [-0.3, -0.25) is 0 Å². The zero-order valence-corrected chi connectivity index (χ0v) is 15.2. The van der Waals surface area contributed by atoms with E-state index < -0.39 is 0 Å². The van der Waals surface area contributed by atoms with E-state index in [0.29, 0.717) is 12.6 Å². The Morgan fingerprint density at radius 1 is 1.00 bits per heavy atom. The van der Waals surface area contributed by atoms with Crippen molar-refractivity contribution in [3.63, 3.8) is 0 Å². The molecular weight excluding hydrogens is 298 g/mol. The number of rotatable bonds is 13. The quantitative estimate of drug-likeness (QED) is 0.491. The molecule has 0 aliphatic carbocycles. The number of aromatic nitrogens is 1. The van der Waals surface area contributed by atoms with Crippen molar-refractivity contribution in [2.24, 2.45) is 5.73 Å². The summed E-state index contributed by atoms with van der Waals surface area (Å²) in [6.07, 6.45) is 12.8. The maximum absolute atomic E-state index is 5.77. The lowest BCUT2D eigenvalue weighted by Crippen LogP contribution is -2.08. The van der Waals surface area contributed by atoms with E-state index in [2.05, 4.69) is 29.4 Å². The molecule has 2 aromatic rings. The van der Waals surface area contributed by atoms with Gasteiger partial charge >= 0.3 is 0 Å². The van der Waals surface area contributed by atoms with Crippen molar-refractivity contribution >= 4 is 17.1 Å². The van der Waals surface area contributed by atoms with E-state index in [-0.39, 0.29) is 0 Å². The molecule has 0 saturated carbocycles. The summed E-state index contributed by atoms with van der Waals surface area (Å²) in [7, 11) is 0. The van der Waals surface area contributed by atoms with Gasteiger partial charge in [0.1, 0.15) is 5.52 Å². The van der Waals surface area contributed by atoms with Gasteiger partial charge in [-0.2, -0.15) is 4.98 Å². The van der Waals surface area contributed by atoms with Crippen LogP contribution in [0.4, 0.5) is 6.01 Å². The highest BCUT2D eigenvalue weighted by atomic mass is 16.4. The Kier molecular flexibility index (Phi) is 8.67. The molecule has 3 N–H and O–H groups in total. The highest BCUT2D eigenvalue weighted by Gasteiger charge is 2.09. The minimum atomic E-state index is 0.613. The van der Waals surface area contributed by atoms with Crippen LogP contribution in [0.5, 0.6) is 0 Å². The summed E-state index contributed by atoms with van der Waals surface area (Å²) >= 11 is 0. The second kappa shape index (κ2) is 11.1. The van der Waals surface area contributed by atoms with Gasteiger partial charge in [0.15, 0.2) is 5.58 Å². The summed E-state index contributed by atoms with van der Waals surface area (Å²) in [5.74, 6) is 0. The predicted octanol–water partition coefficient (Wildman–Crippen LogP) is 5.27. The van der Waals surface area contributed by atoms with Crippen LogP contribution in [0.2, 0.25) is 0 Å². The average Bonchev–Trinajstić information content (AvgIpc) is 3.01. The molecule has 0 aliphatic rings. The molecule has 24 heavy (non-hydrogen) atoms. The van der Waals surface area contributed by atoms with Crippen molar-refractivity contribution in [3.05, 3.63) is 23.8 Å². The van der Waals surface area contributed by atoms with Gasteiger partial charge in [0.25, 0.3) is 6.01 Å². The number of unbranched alkanes of at least 4 members (excludes halogenated alkanes) is 7. The highest BCUT2D eigenvalue weighted by Crippen LogP contribution is 2.24. The smallest absolute Gasteiger partial charge is 0.295 e. The second-order valence-corrected chi connectivity index (χ2v) is 6.58. The van der Waals surface area contributed by atoms with Crippen molar-refractivity contribution in [1.82, 2.24) is 4.98 Å². The lowest BCUT2D eigenvalue weighted by Gasteiger charge is -2.03. The van der Waals surface area contributed by atoms with E-state index >= 15 is 0 Å². The molecule has 0 bridgehead atoms. The Labute approximate surface area is 146 Å². The molecule has 0 saturated heterocycles. The van der Waals surface area contributed by atoms with Gasteiger partial charge in [-0.05, 0) is 37.4 Å². The van der Waals surface area contributed by atoms with Gasteiger partial charge in [0.2, 0.25) is 0 Å². The summed E-state index contributed by atoms with van der Waals surface area (Å²) in [4.78, 5) is 4.61. The first-order valence-electron chi connectivity index (χ1n) is 9.67. The Morgan fingerprint density at radius 3 is 2.50 bits per heavy atom. The van der Waals surface area contributed by atoms with E-state index in [1.807, 2.05) is 6.07 Å². The van der Waals surface area contributed by atoms with Gasteiger partial charge in [0, 0.05) is 6.54 Å². The second-order valence-electron chi connectivity index (χ2n) is 6.58. The number of aryl methyl sites for hydroxylation is 1. The molecule has 4 heteroatoms. The Morgan fingerprint density at radius 2 is 1.75 bits per heavy atom. The van der Waals surface area contributed by atoms with Crippen LogP contribution in [0.3, 0.4) is 0 Å². The number of nitrogens with two attached hydrogens (primary N) is 1. The van der Waals surface area contributed by atoms with Gasteiger partial charge < -0.3 is 15.5 Å². The number of para-hydroxylation sites is 1. The first kappa shape index (κ1) is 18.8. The third-order valence-electron chi connectivity index (χ3n) is 4.46. The average molecular weight is 332 g/mol. The SMILES string of the molecule is CCCCCCCCCCc1cccc2oc(NCCCN)nc12. The third-order valence-corrected chi connectivity index (χ3v) is 4.46. The molecule has 1 aromatic heterocycles. The van der Waals surface area contributed by atoms with Crippen molar-refractivity contribution in [2.45, 2.75) is 71.1 Å².